The number of ether oxygens (including phenoxy) is 1. The summed E-state index contributed by atoms with van der Waals surface area (Å²) in [7, 11) is 0. The molecule has 0 bridgehead atoms. The molecule has 1 aliphatic heterocycles. The molecule has 0 amide bonds. The van der Waals surface area contributed by atoms with Crippen molar-refractivity contribution in [2.24, 2.45) is 4.99 Å². The number of nitrogens with zero attached hydrogens (tertiary/aromatic N) is 2. The Kier molecular flexibility index (Phi) is 7.46. The van der Waals surface area contributed by atoms with Gasteiger partial charge in [-0.3, -0.25) is 9.36 Å². The monoisotopic (exact) mass is 802 g/mol. The zero-order valence-electron chi connectivity index (χ0n) is 21.4. The van der Waals surface area contributed by atoms with E-state index in [1.807, 2.05) is 28.8 Å². The largest absolute Gasteiger partial charge is 0.487 e. The summed E-state index contributed by atoms with van der Waals surface area (Å²) >= 11 is 7.58. The minimum Gasteiger partial charge on any atom is -0.487 e. The molecule has 41 heavy (non-hydrogen) atoms. The van der Waals surface area contributed by atoms with Crippen molar-refractivity contribution in [3.05, 3.63) is 144 Å². The maximum atomic E-state index is 14.3. The number of allylic oxidation sites excluding steroid dienone is 1. The zero-order valence-corrected chi connectivity index (χ0v) is 27.4. The SMILES string of the molecule is O=c1/c(=C\c2cc(I)cc(I)c2OCc2ccccc2F)sc2n1[C@H](c1cccs1)C1=C(N=2)c2ccccc2CC1. The minimum atomic E-state index is -0.304. The fourth-order valence-corrected chi connectivity index (χ4v) is 9.35. The average Bonchev–Trinajstić information content (AvgIpc) is 3.61. The van der Waals surface area contributed by atoms with E-state index >= 15 is 0 Å². The van der Waals surface area contributed by atoms with Gasteiger partial charge in [0.25, 0.3) is 5.56 Å². The summed E-state index contributed by atoms with van der Waals surface area (Å²) in [6.45, 7) is 0.0931. The molecule has 204 valence electrons. The normalized spacial score (nSPS) is 16.2. The van der Waals surface area contributed by atoms with E-state index in [0.29, 0.717) is 20.6 Å². The topological polar surface area (TPSA) is 43.6 Å². The Morgan fingerprint density at radius 2 is 1.88 bits per heavy atom. The number of halogens is 3. The maximum Gasteiger partial charge on any atom is 0.271 e. The predicted molar refractivity (Wildman–Crippen MR) is 180 cm³/mol. The standard InChI is InChI=1S/C32H21FI2N2O2S2/c33-24-9-4-2-7-19(24)17-39-30-20(14-21(34)16-25(30)35)15-27-31(38)37-29(26-10-5-13-40-26)23-12-11-18-6-1-3-8-22(18)28(23)36-32(37)41-27/h1-10,13-16,29H,11-12,17H2/b27-15+/t29-/m0/s1. The van der Waals surface area contributed by atoms with Gasteiger partial charge in [-0.05, 0) is 105 Å². The number of hydrogen-bond donors (Lipinski definition) is 0. The summed E-state index contributed by atoms with van der Waals surface area (Å²) in [5.41, 5.74) is 5.84. The predicted octanol–water partition coefficient (Wildman–Crippen LogP) is 7.31. The van der Waals surface area contributed by atoms with Crippen LogP contribution in [-0.2, 0) is 13.0 Å². The molecule has 4 nitrogen and oxygen atoms in total. The van der Waals surface area contributed by atoms with Crippen LogP contribution < -0.4 is 19.6 Å². The van der Waals surface area contributed by atoms with Gasteiger partial charge in [-0.1, -0.05) is 59.9 Å². The lowest BCUT2D eigenvalue weighted by Crippen LogP contribution is -2.38. The molecule has 0 saturated heterocycles. The van der Waals surface area contributed by atoms with Crippen LogP contribution in [0.3, 0.4) is 0 Å². The van der Waals surface area contributed by atoms with Crippen LogP contribution in [0.15, 0.2) is 93.5 Å². The van der Waals surface area contributed by atoms with Crippen LogP contribution in [0.5, 0.6) is 5.75 Å². The Morgan fingerprint density at radius 1 is 1.05 bits per heavy atom. The zero-order chi connectivity index (χ0) is 28.1. The van der Waals surface area contributed by atoms with Crippen molar-refractivity contribution in [3.8, 4) is 5.75 Å². The minimum absolute atomic E-state index is 0.0634. The second-order valence-corrected chi connectivity index (χ2v) is 14.2. The summed E-state index contributed by atoms with van der Waals surface area (Å²) in [5, 5.41) is 2.06. The Labute approximate surface area is 270 Å². The molecule has 3 heterocycles. The summed E-state index contributed by atoms with van der Waals surface area (Å²) in [5.74, 6) is 0.324. The highest BCUT2D eigenvalue weighted by molar-refractivity contribution is 14.1. The Morgan fingerprint density at radius 3 is 2.71 bits per heavy atom. The molecule has 2 aromatic heterocycles. The van der Waals surface area contributed by atoms with Crippen molar-refractivity contribution >= 4 is 79.6 Å². The third-order valence-corrected chi connectivity index (χ3v) is 10.7. The van der Waals surface area contributed by atoms with Crippen LogP contribution in [0, 0.1) is 13.0 Å². The fraction of sp³-hybridized carbons (Fsp3) is 0.125. The molecular weight excluding hydrogens is 781 g/mol. The second-order valence-electron chi connectivity index (χ2n) is 9.82. The first-order chi connectivity index (χ1) is 20.0. The van der Waals surface area contributed by atoms with E-state index in [-0.39, 0.29) is 24.0 Å². The summed E-state index contributed by atoms with van der Waals surface area (Å²) in [6, 6.07) is 23.0. The molecule has 0 unspecified atom stereocenters. The highest BCUT2D eigenvalue weighted by Crippen LogP contribution is 2.42. The van der Waals surface area contributed by atoms with Crippen LogP contribution in [0.25, 0.3) is 11.8 Å². The molecule has 0 saturated carbocycles. The van der Waals surface area contributed by atoms with Gasteiger partial charge < -0.3 is 4.74 Å². The number of aromatic nitrogens is 1. The number of aryl methyl sites for hydroxylation is 1. The molecule has 0 N–H and O–H groups in total. The number of fused-ring (bicyclic) bond motifs is 3. The Hall–Kier alpha value is -2.61. The van der Waals surface area contributed by atoms with Gasteiger partial charge in [0.05, 0.1) is 19.8 Å². The van der Waals surface area contributed by atoms with E-state index in [0.717, 1.165) is 41.7 Å². The highest BCUT2D eigenvalue weighted by Gasteiger charge is 2.33. The lowest BCUT2D eigenvalue weighted by molar-refractivity contribution is 0.297. The Balaban J connectivity index is 1.38. The van der Waals surface area contributed by atoms with Gasteiger partial charge in [0.2, 0.25) is 0 Å². The van der Waals surface area contributed by atoms with Gasteiger partial charge in [0.15, 0.2) is 4.80 Å². The number of rotatable bonds is 5. The van der Waals surface area contributed by atoms with Crippen LogP contribution in [-0.4, -0.2) is 4.57 Å². The third kappa shape index (κ3) is 5.04. The van der Waals surface area contributed by atoms with Crippen molar-refractivity contribution in [2.75, 3.05) is 0 Å². The second kappa shape index (κ2) is 11.2. The van der Waals surface area contributed by atoms with Crippen molar-refractivity contribution in [3.63, 3.8) is 0 Å². The van der Waals surface area contributed by atoms with E-state index < -0.39 is 0 Å². The lowest BCUT2D eigenvalue weighted by Gasteiger charge is -2.30. The van der Waals surface area contributed by atoms with Crippen LogP contribution in [0.4, 0.5) is 4.39 Å². The first kappa shape index (κ1) is 27.2. The van der Waals surface area contributed by atoms with E-state index in [9.17, 15) is 9.18 Å². The lowest BCUT2D eigenvalue weighted by atomic mass is 9.85. The van der Waals surface area contributed by atoms with Crippen molar-refractivity contribution in [1.29, 1.82) is 0 Å². The smallest absolute Gasteiger partial charge is 0.271 e. The molecule has 0 fully saturated rings. The molecule has 1 atom stereocenters. The molecule has 5 aromatic rings. The van der Waals surface area contributed by atoms with Gasteiger partial charge in [-0.15, -0.1) is 11.3 Å². The van der Waals surface area contributed by atoms with Gasteiger partial charge in [-0.25, -0.2) is 9.38 Å². The molecule has 1 aliphatic carbocycles. The molecule has 2 aliphatic rings. The third-order valence-electron chi connectivity index (χ3n) is 7.34. The van der Waals surface area contributed by atoms with Gasteiger partial charge in [-0.2, -0.15) is 0 Å². The molecular formula is C32H21FI2N2O2S2. The molecule has 3 aromatic carbocycles. The molecule has 0 radical (unpaired) electrons. The summed E-state index contributed by atoms with van der Waals surface area (Å²) in [4.78, 5) is 21.1. The van der Waals surface area contributed by atoms with Gasteiger partial charge in [0, 0.05) is 25.1 Å². The average molecular weight is 802 g/mol. The first-order valence-corrected chi connectivity index (χ1v) is 16.8. The van der Waals surface area contributed by atoms with E-state index in [1.165, 1.54) is 28.5 Å². The van der Waals surface area contributed by atoms with Gasteiger partial charge in [0.1, 0.15) is 18.2 Å². The number of thiophene rings is 1. The van der Waals surface area contributed by atoms with Crippen molar-refractivity contribution in [1.82, 2.24) is 4.57 Å². The Bertz CT molecular complexity index is 2030. The maximum absolute atomic E-state index is 14.3. The number of thiazole rings is 1. The van der Waals surface area contributed by atoms with E-state index in [2.05, 4.69) is 80.9 Å². The highest BCUT2D eigenvalue weighted by atomic mass is 127. The van der Waals surface area contributed by atoms with E-state index in [4.69, 9.17) is 9.73 Å². The van der Waals surface area contributed by atoms with E-state index in [1.54, 1.807) is 29.5 Å². The summed E-state index contributed by atoms with van der Waals surface area (Å²) < 4.78 is 24.9. The molecule has 0 spiro atoms. The van der Waals surface area contributed by atoms with Crippen molar-refractivity contribution in [2.45, 2.75) is 25.5 Å². The fourth-order valence-electron chi connectivity index (χ4n) is 5.46. The first-order valence-electron chi connectivity index (χ1n) is 13.0. The van der Waals surface area contributed by atoms with Crippen molar-refractivity contribution < 1.29 is 9.13 Å². The molecule has 9 heteroatoms. The summed E-state index contributed by atoms with van der Waals surface area (Å²) in [6.07, 6.45) is 3.69. The van der Waals surface area contributed by atoms with Crippen LogP contribution in [0.2, 0.25) is 0 Å². The number of benzene rings is 3. The van der Waals surface area contributed by atoms with Crippen LogP contribution in [0.1, 0.15) is 39.6 Å². The number of hydrogen-bond acceptors (Lipinski definition) is 5. The quantitative estimate of drug-likeness (QED) is 0.175. The van der Waals surface area contributed by atoms with Crippen LogP contribution >= 0.6 is 67.9 Å². The van der Waals surface area contributed by atoms with Gasteiger partial charge >= 0.3 is 0 Å². The molecule has 7 rings (SSSR count).